The molecule has 88 valence electrons. The number of nitrogens with one attached hydrogen (secondary N) is 1. The van der Waals surface area contributed by atoms with Crippen LogP contribution in [0.2, 0.25) is 0 Å². The standard InChI is InChI=1S/C10H14N2O4/c1-6-8(7(2)16-12-6)4-9(13)11-5-10(14)15-3/h4-5H2,1-3H3,(H,11,13). The molecule has 0 bridgehead atoms. The monoisotopic (exact) mass is 226 g/mol. The van der Waals surface area contributed by atoms with Crippen LogP contribution in [0, 0.1) is 13.8 Å². The quantitative estimate of drug-likeness (QED) is 0.737. The lowest BCUT2D eigenvalue weighted by Gasteiger charge is -2.03. The lowest BCUT2D eigenvalue weighted by molar-refractivity contribution is -0.141. The Balaban J connectivity index is 2.49. The van der Waals surface area contributed by atoms with Crippen LogP contribution in [0.25, 0.3) is 0 Å². The van der Waals surface area contributed by atoms with Gasteiger partial charge in [0, 0.05) is 5.56 Å². The zero-order chi connectivity index (χ0) is 12.1. The van der Waals surface area contributed by atoms with Gasteiger partial charge in [0.05, 0.1) is 19.2 Å². The van der Waals surface area contributed by atoms with E-state index in [1.165, 1.54) is 7.11 Å². The molecule has 1 N–H and O–H groups in total. The largest absolute Gasteiger partial charge is 0.468 e. The van der Waals surface area contributed by atoms with Crippen molar-refractivity contribution in [2.45, 2.75) is 20.3 Å². The summed E-state index contributed by atoms with van der Waals surface area (Å²) in [6, 6.07) is 0. The second-order valence-corrected chi connectivity index (χ2v) is 3.33. The predicted octanol–water partition coefficient (Wildman–Crippen LogP) is 0.123. The fourth-order valence-corrected chi connectivity index (χ4v) is 1.22. The molecule has 0 aromatic carbocycles. The second-order valence-electron chi connectivity index (χ2n) is 3.33. The van der Waals surface area contributed by atoms with E-state index in [0.717, 1.165) is 5.56 Å². The number of ether oxygens (including phenoxy) is 1. The molecule has 16 heavy (non-hydrogen) atoms. The average molecular weight is 226 g/mol. The van der Waals surface area contributed by atoms with Crippen LogP contribution in [0.4, 0.5) is 0 Å². The molecule has 1 amide bonds. The van der Waals surface area contributed by atoms with E-state index >= 15 is 0 Å². The summed E-state index contributed by atoms with van der Waals surface area (Å²) in [6.45, 7) is 3.38. The van der Waals surface area contributed by atoms with Gasteiger partial charge in [-0.2, -0.15) is 0 Å². The Bertz CT molecular complexity index is 378. The average Bonchev–Trinajstić information content (AvgIpc) is 2.57. The summed E-state index contributed by atoms with van der Waals surface area (Å²) < 4.78 is 9.32. The Labute approximate surface area is 92.9 Å². The maximum atomic E-state index is 11.4. The Hall–Kier alpha value is -1.85. The number of esters is 1. The second kappa shape index (κ2) is 5.29. The predicted molar refractivity (Wildman–Crippen MR) is 54.7 cm³/mol. The number of rotatable bonds is 4. The van der Waals surface area contributed by atoms with Gasteiger partial charge in [-0.15, -0.1) is 0 Å². The summed E-state index contributed by atoms with van der Waals surface area (Å²) in [7, 11) is 1.27. The first kappa shape index (κ1) is 12.2. The first-order chi connectivity index (χ1) is 7.54. The Morgan fingerprint density at radius 3 is 2.62 bits per heavy atom. The summed E-state index contributed by atoms with van der Waals surface area (Å²) in [5.41, 5.74) is 1.44. The van der Waals surface area contributed by atoms with Gasteiger partial charge in [0.15, 0.2) is 0 Å². The van der Waals surface area contributed by atoms with Crippen molar-refractivity contribution in [2.75, 3.05) is 13.7 Å². The van der Waals surface area contributed by atoms with Gasteiger partial charge in [-0.1, -0.05) is 5.16 Å². The van der Waals surface area contributed by atoms with Crippen molar-refractivity contribution >= 4 is 11.9 Å². The molecular weight excluding hydrogens is 212 g/mol. The minimum Gasteiger partial charge on any atom is -0.468 e. The van der Waals surface area contributed by atoms with Crippen LogP contribution in [0.3, 0.4) is 0 Å². The van der Waals surface area contributed by atoms with Crippen molar-refractivity contribution in [3.05, 3.63) is 17.0 Å². The first-order valence-electron chi connectivity index (χ1n) is 4.80. The molecule has 0 atom stereocenters. The van der Waals surface area contributed by atoms with Crippen molar-refractivity contribution < 1.29 is 18.8 Å². The van der Waals surface area contributed by atoms with Crippen LogP contribution in [-0.2, 0) is 20.7 Å². The van der Waals surface area contributed by atoms with E-state index < -0.39 is 5.97 Å². The van der Waals surface area contributed by atoms with Crippen molar-refractivity contribution in [3.8, 4) is 0 Å². The SMILES string of the molecule is COC(=O)CNC(=O)Cc1c(C)noc1C. The minimum absolute atomic E-state index is 0.126. The summed E-state index contributed by atoms with van der Waals surface area (Å²) in [4.78, 5) is 22.2. The zero-order valence-corrected chi connectivity index (χ0v) is 9.49. The molecule has 1 aromatic heterocycles. The van der Waals surface area contributed by atoms with Crippen molar-refractivity contribution in [2.24, 2.45) is 0 Å². The highest BCUT2D eigenvalue weighted by molar-refractivity contribution is 5.83. The van der Waals surface area contributed by atoms with Crippen LogP contribution in [0.5, 0.6) is 0 Å². The lowest BCUT2D eigenvalue weighted by atomic mass is 10.1. The molecule has 0 radical (unpaired) electrons. The molecule has 1 aromatic rings. The smallest absolute Gasteiger partial charge is 0.325 e. The van der Waals surface area contributed by atoms with Crippen molar-refractivity contribution in [1.82, 2.24) is 10.5 Å². The van der Waals surface area contributed by atoms with Crippen LogP contribution >= 0.6 is 0 Å². The fourth-order valence-electron chi connectivity index (χ4n) is 1.22. The van der Waals surface area contributed by atoms with Gasteiger partial charge < -0.3 is 14.6 Å². The molecule has 1 heterocycles. The summed E-state index contributed by atoms with van der Waals surface area (Å²) in [5.74, 6) is -0.127. The third-order valence-corrected chi connectivity index (χ3v) is 2.18. The van der Waals surface area contributed by atoms with Crippen LogP contribution < -0.4 is 5.32 Å². The number of aromatic nitrogens is 1. The van der Waals surface area contributed by atoms with Crippen LogP contribution in [0.1, 0.15) is 17.0 Å². The normalized spacial score (nSPS) is 9.94. The van der Waals surface area contributed by atoms with Crippen molar-refractivity contribution in [1.29, 1.82) is 0 Å². The third-order valence-electron chi connectivity index (χ3n) is 2.18. The molecule has 6 nitrogen and oxygen atoms in total. The first-order valence-corrected chi connectivity index (χ1v) is 4.80. The number of aryl methyl sites for hydroxylation is 2. The van der Waals surface area contributed by atoms with Gasteiger partial charge >= 0.3 is 5.97 Å². The third kappa shape index (κ3) is 3.08. The van der Waals surface area contributed by atoms with Crippen LogP contribution in [0.15, 0.2) is 4.52 Å². The van der Waals surface area contributed by atoms with Gasteiger partial charge in [-0.05, 0) is 13.8 Å². The van der Waals surface area contributed by atoms with Gasteiger partial charge in [-0.25, -0.2) is 0 Å². The molecule has 0 spiro atoms. The van der Waals surface area contributed by atoms with Gasteiger partial charge in [0.1, 0.15) is 12.3 Å². The topological polar surface area (TPSA) is 81.4 Å². The van der Waals surface area contributed by atoms with E-state index in [2.05, 4.69) is 15.2 Å². The summed E-state index contributed by atoms with van der Waals surface area (Å²) >= 11 is 0. The van der Waals surface area contributed by atoms with E-state index in [1.807, 2.05) is 0 Å². The van der Waals surface area contributed by atoms with E-state index in [9.17, 15) is 9.59 Å². The summed E-state index contributed by atoms with van der Waals surface area (Å²) in [6.07, 6.45) is 0.151. The van der Waals surface area contributed by atoms with E-state index in [4.69, 9.17) is 4.52 Å². The highest BCUT2D eigenvalue weighted by Crippen LogP contribution is 2.12. The molecule has 0 aliphatic heterocycles. The maximum Gasteiger partial charge on any atom is 0.325 e. The van der Waals surface area contributed by atoms with Gasteiger partial charge in [0.25, 0.3) is 0 Å². The summed E-state index contributed by atoms with van der Waals surface area (Å²) in [5, 5.41) is 6.18. The molecule has 0 aliphatic rings. The fraction of sp³-hybridized carbons (Fsp3) is 0.500. The van der Waals surface area contributed by atoms with E-state index in [-0.39, 0.29) is 18.9 Å². The number of carbonyl (C=O) groups is 2. The number of nitrogens with zero attached hydrogens (tertiary/aromatic N) is 1. The van der Waals surface area contributed by atoms with Gasteiger partial charge in [-0.3, -0.25) is 9.59 Å². The van der Waals surface area contributed by atoms with E-state index in [1.54, 1.807) is 13.8 Å². The molecule has 1 rings (SSSR count). The molecular formula is C10H14N2O4. The maximum absolute atomic E-state index is 11.4. The zero-order valence-electron chi connectivity index (χ0n) is 9.49. The number of carbonyl (C=O) groups excluding carboxylic acids is 2. The molecule has 0 unspecified atom stereocenters. The highest BCUT2D eigenvalue weighted by Gasteiger charge is 2.13. The molecule has 0 saturated heterocycles. The Morgan fingerprint density at radius 2 is 2.12 bits per heavy atom. The number of amides is 1. The molecule has 6 heteroatoms. The van der Waals surface area contributed by atoms with Crippen LogP contribution in [-0.4, -0.2) is 30.7 Å². The molecule has 0 fully saturated rings. The van der Waals surface area contributed by atoms with E-state index in [0.29, 0.717) is 11.5 Å². The lowest BCUT2D eigenvalue weighted by Crippen LogP contribution is -2.31. The number of hydrogen-bond acceptors (Lipinski definition) is 5. The van der Waals surface area contributed by atoms with Crippen molar-refractivity contribution in [3.63, 3.8) is 0 Å². The number of hydrogen-bond donors (Lipinski definition) is 1. The highest BCUT2D eigenvalue weighted by atomic mass is 16.5. The minimum atomic E-state index is -0.480. The Morgan fingerprint density at radius 1 is 1.44 bits per heavy atom. The van der Waals surface area contributed by atoms with Gasteiger partial charge in [0.2, 0.25) is 5.91 Å². The number of methoxy groups -OCH3 is 1. The Kier molecular flexibility index (Phi) is 4.04. The molecule has 0 aliphatic carbocycles. The molecule has 0 saturated carbocycles.